The van der Waals surface area contributed by atoms with Crippen molar-refractivity contribution < 1.29 is 4.79 Å². The van der Waals surface area contributed by atoms with Gasteiger partial charge in [0.15, 0.2) is 0 Å². The maximum absolute atomic E-state index is 11.7. The second-order valence-electron chi connectivity index (χ2n) is 3.87. The molecule has 2 heterocycles. The fraction of sp³-hybridized carbons (Fsp3) is 0.455. The number of carbonyl (C=O) groups excluding carboxylic acids is 1. The highest BCUT2D eigenvalue weighted by Gasteiger charge is 2.25. The van der Waals surface area contributed by atoms with E-state index in [1.165, 1.54) is 4.88 Å². The molecule has 16 heavy (non-hydrogen) atoms. The summed E-state index contributed by atoms with van der Waals surface area (Å²) >= 11 is 5.04. The van der Waals surface area contributed by atoms with Crippen molar-refractivity contribution in [3.63, 3.8) is 0 Å². The zero-order chi connectivity index (χ0) is 11.5. The molecule has 0 bridgehead atoms. The highest BCUT2D eigenvalue weighted by atomic mass is 79.9. The number of halogens is 1. The largest absolute Gasteiger partial charge is 0.337 e. The summed E-state index contributed by atoms with van der Waals surface area (Å²) in [6, 6.07) is 4.21. The lowest BCUT2D eigenvalue weighted by Gasteiger charge is -2.28. The van der Waals surface area contributed by atoms with Crippen molar-refractivity contribution in [2.45, 2.75) is 19.4 Å². The molecule has 84 valence electrons. The minimum atomic E-state index is -0.0844. The number of rotatable bonds is 2. The van der Waals surface area contributed by atoms with Gasteiger partial charge >= 0.3 is 0 Å². The first-order valence-corrected chi connectivity index (χ1v) is 6.76. The van der Waals surface area contributed by atoms with Crippen LogP contribution in [0.25, 0.3) is 0 Å². The number of hydrogen-bond acceptors (Lipinski definition) is 3. The van der Waals surface area contributed by atoms with Gasteiger partial charge < -0.3 is 4.90 Å². The number of carbonyl (C=O) groups is 1. The Bertz CT molecular complexity index is 437. The van der Waals surface area contributed by atoms with Crippen LogP contribution in [-0.4, -0.2) is 17.4 Å². The van der Waals surface area contributed by atoms with E-state index < -0.39 is 0 Å². The molecular weight excluding hydrogens is 288 g/mol. The van der Waals surface area contributed by atoms with Crippen LogP contribution in [0.2, 0.25) is 0 Å². The summed E-state index contributed by atoms with van der Waals surface area (Å²) in [7, 11) is 0. The molecule has 1 aromatic heterocycles. The lowest BCUT2D eigenvalue weighted by molar-refractivity contribution is -0.134. The standard InChI is InChI=1S/C11H11BrN2OS/c12-9-4-10(16-7-9)6-14-2-1-8(5-13)3-11(14)15/h4,7-8H,1-3,6H2. The van der Waals surface area contributed by atoms with Crippen molar-refractivity contribution >= 4 is 33.2 Å². The van der Waals surface area contributed by atoms with Crippen molar-refractivity contribution in [1.29, 1.82) is 5.26 Å². The van der Waals surface area contributed by atoms with Crippen molar-refractivity contribution in [1.82, 2.24) is 4.90 Å². The fourth-order valence-corrected chi connectivity index (χ4v) is 3.25. The van der Waals surface area contributed by atoms with Crippen LogP contribution in [0.5, 0.6) is 0 Å². The molecule has 1 aliphatic heterocycles. The van der Waals surface area contributed by atoms with E-state index in [2.05, 4.69) is 22.0 Å². The van der Waals surface area contributed by atoms with Crippen LogP contribution in [0.1, 0.15) is 17.7 Å². The van der Waals surface area contributed by atoms with Crippen LogP contribution in [0.3, 0.4) is 0 Å². The monoisotopic (exact) mass is 298 g/mol. The Morgan fingerprint density at radius 2 is 2.50 bits per heavy atom. The molecule has 1 amide bonds. The second kappa shape index (κ2) is 4.98. The summed E-state index contributed by atoms with van der Waals surface area (Å²) in [5, 5.41) is 10.8. The Labute approximate surface area is 107 Å². The zero-order valence-electron chi connectivity index (χ0n) is 8.65. The third kappa shape index (κ3) is 2.63. The molecule has 1 aliphatic rings. The topological polar surface area (TPSA) is 44.1 Å². The van der Waals surface area contributed by atoms with Gasteiger partial charge in [-0.05, 0) is 28.4 Å². The van der Waals surface area contributed by atoms with Crippen LogP contribution in [0.15, 0.2) is 15.9 Å². The van der Waals surface area contributed by atoms with E-state index in [1.807, 2.05) is 16.3 Å². The lowest BCUT2D eigenvalue weighted by atomic mass is 9.98. The first-order valence-electron chi connectivity index (χ1n) is 5.09. The molecule has 1 aromatic rings. The van der Waals surface area contributed by atoms with Gasteiger partial charge in [-0.2, -0.15) is 5.26 Å². The number of piperidine rings is 1. The molecule has 0 aromatic carbocycles. The number of likely N-dealkylation sites (tertiary alicyclic amines) is 1. The molecule has 5 heteroatoms. The van der Waals surface area contributed by atoms with E-state index in [1.54, 1.807) is 11.3 Å². The van der Waals surface area contributed by atoms with Crippen LogP contribution < -0.4 is 0 Å². The van der Waals surface area contributed by atoms with E-state index in [0.717, 1.165) is 10.9 Å². The SMILES string of the molecule is N#CC1CCN(Cc2cc(Br)cs2)C(=O)C1. The fourth-order valence-electron chi connectivity index (χ4n) is 1.78. The zero-order valence-corrected chi connectivity index (χ0v) is 11.1. The average molecular weight is 299 g/mol. The minimum Gasteiger partial charge on any atom is -0.337 e. The number of amides is 1. The summed E-state index contributed by atoms with van der Waals surface area (Å²) < 4.78 is 1.06. The Balaban J connectivity index is 1.97. The van der Waals surface area contributed by atoms with Crippen LogP contribution >= 0.6 is 27.3 Å². The highest BCUT2D eigenvalue weighted by molar-refractivity contribution is 9.10. The smallest absolute Gasteiger partial charge is 0.224 e. The summed E-state index contributed by atoms with van der Waals surface area (Å²) in [6.07, 6.45) is 1.18. The van der Waals surface area contributed by atoms with E-state index >= 15 is 0 Å². The van der Waals surface area contributed by atoms with Crippen LogP contribution in [0.4, 0.5) is 0 Å². The van der Waals surface area contributed by atoms with E-state index in [0.29, 0.717) is 19.5 Å². The molecule has 0 saturated carbocycles. The molecule has 1 saturated heterocycles. The first kappa shape index (κ1) is 11.6. The van der Waals surface area contributed by atoms with Gasteiger partial charge in [-0.25, -0.2) is 0 Å². The molecule has 0 N–H and O–H groups in total. The molecule has 1 atom stereocenters. The molecule has 0 aliphatic carbocycles. The Morgan fingerprint density at radius 1 is 1.69 bits per heavy atom. The van der Waals surface area contributed by atoms with Gasteiger partial charge in [0.2, 0.25) is 5.91 Å². The van der Waals surface area contributed by atoms with E-state index in [9.17, 15) is 4.79 Å². The van der Waals surface area contributed by atoms with Crippen LogP contribution in [-0.2, 0) is 11.3 Å². The third-order valence-electron chi connectivity index (χ3n) is 2.67. The van der Waals surface area contributed by atoms with Crippen molar-refractivity contribution in [3.8, 4) is 6.07 Å². The van der Waals surface area contributed by atoms with Gasteiger partial charge in [-0.3, -0.25) is 4.79 Å². The van der Waals surface area contributed by atoms with Crippen LogP contribution in [0, 0.1) is 17.2 Å². The number of thiophene rings is 1. The average Bonchev–Trinajstić information content (AvgIpc) is 2.67. The maximum Gasteiger partial charge on any atom is 0.224 e. The van der Waals surface area contributed by atoms with Gasteiger partial charge in [0.1, 0.15) is 0 Å². The molecule has 3 nitrogen and oxygen atoms in total. The molecule has 0 radical (unpaired) electrons. The summed E-state index contributed by atoms with van der Waals surface area (Å²) in [4.78, 5) is 14.8. The predicted octanol–water partition coefficient (Wildman–Crippen LogP) is 2.77. The van der Waals surface area contributed by atoms with E-state index in [4.69, 9.17) is 5.26 Å². The van der Waals surface area contributed by atoms with Crippen molar-refractivity contribution in [3.05, 3.63) is 20.8 Å². The number of nitrogens with zero attached hydrogens (tertiary/aromatic N) is 2. The van der Waals surface area contributed by atoms with Gasteiger partial charge in [0.25, 0.3) is 0 Å². The molecule has 2 rings (SSSR count). The van der Waals surface area contributed by atoms with Gasteiger partial charge in [0, 0.05) is 27.7 Å². The normalized spacial score (nSPS) is 20.9. The predicted molar refractivity (Wildman–Crippen MR) is 65.8 cm³/mol. The number of nitriles is 1. The number of hydrogen-bond donors (Lipinski definition) is 0. The lowest BCUT2D eigenvalue weighted by Crippen LogP contribution is -2.37. The summed E-state index contributed by atoms with van der Waals surface area (Å²) in [5.74, 6) is 0.0149. The maximum atomic E-state index is 11.7. The minimum absolute atomic E-state index is 0.0844. The summed E-state index contributed by atoms with van der Waals surface area (Å²) in [5.41, 5.74) is 0. The van der Waals surface area contributed by atoms with Gasteiger partial charge in [-0.15, -0.1) is 11.3 Å². The molecule has 0 spiro atoms. The Hall–Kier alpha value is -0.860. The second-order valence-corrected chi connectivity index (χ2v) is 5.78. The molecule has 1 fully saturated rings. The van der Waals surface area contributed by atoms with Gasteiger partial charge in [-0.1, -0.05) is 0 Å². The third-order valence-corrected chi connectivity index (χ3v) is 4.35. The van der Waals surface area contributed by atoms with E-state index in [-0.39, 0.29) is 11.8 Å². The molecule has 1 unspecified atom stereocenters. The Kier molecular flexibility index (Phi) is 3.62. The first-order chi connectivity index (χ1) is 7.69. The quantitative estimate of drug-likeness (QED) is 0.843. The summed E-state index contributed by atoms with van der Waals surface area (Å²) in [6.45, 7) is 1.37. The molecular formula is C11H11BrN2OS. The van der Waals surface area contributed by atoms with Crippen molar-refractivity contribution in [2.75, 3.05) is 6.54 Å². The highest BCUT2D eigenvalue weighted by Crippen LogP contribution is 2.24. The van der Waals surface area contributed by atoms with Crippen molar-refractivity contribution in [2.24, 2.45) is 5.92 Å². The van der Waals surface area contributed by atoms with Gasteiger partial charge in [0.05, 0.1) is 18.5 Å². The Morgan fingerprint density at radius 3 is 3.06 bits per heavy atom.